The molecule has 1 amide bonds. The predicted octanol–water partition coefficient (Wildman–Crippen LogP) is 3.41. The molecule has 1 saturated carbocycles. The summed E-state index contributed by atoms with van der Waals surface area (Å²) in [5.74, 6) is -0.914. The van der Waals surface area contributed by atoms with Crippen LogP contribution < -0.4 is 5.32 Å². The van der Waals surface area contributed by atoms with Crippen molar-refractivity contribution in [1.82, 2.24) is 10.3 Å². The van der Waals surface area contributed by atoms with Crippen LogP contribution in [0.25, 0.3) is 10.9 Å². The highest BCUT2D eigenvalue weighted by Gasteiger charge is 2.31. The van der Waals surface area contributed by atoms with E-state index in [9.17, 15) is 9.59 Å². The van der Waals surface area contributed by atoms with E-state index in [-0.39, 0.29) is 17.6 Å². The number of benzene rings is 2. The van der Waals surface area contributed by atoms with E-state index >= 15 is 0 Å². The molecule has 1 atom stereocenters. The molecule has 1 heterocycles. The first-order chi connectivity index (χ1) is 12.7. The normalized spacial score (nSPS) is 14.6. The Hall–Kier alpha value is -3.21. The number of aromatic nitrogens is 1. The lowest BCUT2D eigenvalue weighted by atomic mass is 10.1. The van der Waals surface area contributed by atoms with E-state index in [4.69, 9.17) is 4.74 Å². The molecule has 3 aromatic rings. The second-order valence-electron chi connectivity index (χ2n) is 6.37. The summed E-state index contributed by atoms with van der Waals surface area (Å²) in [6.07, 6.45) is 0.943. The fraction of sp³-hybridized carbons (Fsp3) is 0.190. The van der Waals surface area contributed by atoms with E-state index in [1.54, 1.807) is 18.2 Å². The average molecular weight is 346 g/mol. The number of esters is 1. The van der Waals surface area contributed by atoms with E-state index in [2.05, 4.69) is 10.3 Å². The standard InChI is InChI=1S/C21H18N2O3/c24-20(22-16-11-12-16)19(15-7-2-1-3-8-15)26-21(25)18-13-10-14-6-4-5-9-17(14)23-18/h1-10,13,16,19H,11-12H2,(H,22,24)/t19-/m1/s1. The van der Waals surface area contributed by atoms with Crippen LogP contribution in [0, 0.1) is 0 Å². The first-order valence-corrected chi connectivity index (χ1v) is 8.63. The fourth-order valence-corrected chi connectivity index (χ4v) is 2.75. The number of ether oxygens (including phenoxy) is 1. The van der Waals surface area contributed by atoms with Gasteiger partial charge in [0.2, 0.25) is 6.10 Å². The number of para-hydroxylation sites is 1. The number of hydrogen-bond acceptors (Lipinski definition) is 4. The van der Waals surface area contributed by atoms with Gasteiger partial charge in [0.15, 0.2) is 0 Å². The van der Waals surface area contributed by atoms with Gasteiger partial charge in [-0.15, -0.1) is 0 Å². The maximum absolute atomic E-state index is 12.6. The summed E-state index contributed by atoms with van der Waals surface area (Å²) in [4.78, 5) is 29.5. The number of hydrogen-bond donors (Lipinski definition) is 1. The molecule has 130 valence electrons. The van der Waals surface area contributed by atoms with Gasteiger partial charge in [-0.1, -0.05) is 54.6 Å². The first-order valence-electron chi connectivity index (χ1n) is 8.63. The van der Waals surface area contributed by atoms with Crippen LogP contribution in [0.1, 0.15) is 35.0 Å². The molecule has 0 bridgehead atoms. The van der Waals surface area contributed by atoms with Gasteiger partial charge in [0.05, 0.1) is 5.52 Å². The number of nitrogens with one attached hydrogen (secondary N) is 1. The van der Waals surface area contributed by atoms with Gasteiger partial charge in [-0.3, -0.25) is 4.79 Å². The van der Waals surface area contributed by atoms with Gasteiger partial charge in [0.1, 0.15) is 5.69 Å². The minimum Gasteiger partial charge on any atom is -0.443 e. The van der Waals surface area contributed by atoms with Crippen molar-refractivity contribution < 1.29 is 14.3 Å². The molecule has 2 aromatic carbocycles. The van der Waals surface area contributed by atoms with Gasteiger partial charge >= 0.3 is 5.97 Å². The molecule has 0 radical (unpaired) electrons. The van der Waals surface area contributed by atoms with Crippen LogP contribution in [0.4, 0.5) is 0 Å². The maximum atomic E-state index is 12.6. The third-order valence-electron chi connectivity index (χ3n) is 4.30. The molecule has 1 N–H and O–H groups in total. The monoisotopic (exact) mass is 346 g/mol. The number of carbonyl (C=O) groups is 2. The smallest absolute Gasteiger partial charge is 0.358 e. The van der Waals surface area contributed by atoms with Crippen LogP contribution in [0.2, 0.25) is 0 Å². The molecule has 1 aliphatic carbocycles. The van der Waals surface area contributed by atoms with Crippen LogP contribution in [-0.2, 0) is 9.53 Å². The van der Waals surface area contributed by atoms with E-state index in [0.29, 0.717) is 11.1 Å². The molecular formula is C21H18N2O3. The molecule has 0 spiro atoms. The van der Waals surface area contributed by atoms with Gasteiger partial charge in [-0.25, -0.2) is 9.78 Å². The zero-order valence-electron chi connectivity index (χ0n) is 14.1. The number of fused-ring (bicyclic) bond motifs is 1. The topological polar surface area (TPSA) is 68.3 Å². The fourth-order valence-electron chi connectivity index (χ4n) is 2.75. The second kappa shape index (κ2) is 6.96. The zero-order valence-corrected chi connectivity index (χ0v) is 14.1. The Balaban J connectivity index is 1.59. The summed E-state index contributed by atoms with van der Waals surface area (Å²) >= 11 is 0. The molecule has 0 unspecified atom stereocenters. The SMILES string of the molecule is O=C(O[C@@H](C(=O)NC1CC1)c1ccccc1)c1ccc2ccccc2n1. The molecule has 1 aliphatic rings. The lowest BCUT2D eigenvalue weighted by Gasteiger charge is -2.18. The maximum Gasteiger partial charge on any atom is 0.358 e. The van der Waals surface area contributed by atoms with Crippen molar-refractivity contribution in [2.75, 3.05) is 0 Å². The van der Waals surface area contributed by atoms with Gasteiger partial charge in [0.25, 0.3) is 5.91 Å². The second-order valence-corrected chi connectivity index (χ2v) is 6.37. The Morgan fingerprint density at radius 1 is 0.962 bits per heavy atom. The van der Waals surface area contributed by atoms with Crippen molar-refractivity contribution in [3.8, 4) is 0 Å². The van der Waals surface area contributed by atoms with E-state index in [1.165, 1.54) is 0 Å². The number of carbonyl (C=O) groups excluding carboxylic acids is 2. The van der Waals surface area contributed by atoms with Crippen LogP contribution in [0.3, 0.4) is 0 Å². The minimum atomic E-state index is -0.988. The highest BCUT2D eigenvalue weighted by Crippen LogP contribution is 2.24. The van der Waals surface area contributed by atoms with Crippen molar-refractivity contribution in [3.63, 3.8) is 0 Å². The number of nitrogens with zero attached hydrogens (tertiary/aromatic N) is 1. The third-order valence-corrected chi connectivity index (χ3v) is 4.30. The highest BCUT2D eigenvalue weighted by molar-refractivity contribution is 5.93. The largest absolute Gasteiger partial charge is 0.443 e. The Morgan fingerprint density at radius 2 is 1.69 bits per heavy atom. The van der Waals surface area contributed by atoms with Crippen molar-refractivity contribution in [2.45, 2.75) is 25.0 Å². The molecular weight excluding hydrogens is 328 g/mol. The Morgan fingerprint density at radius 3 is 2.46 bits per heavy atom. The molecule has 1 fully saturated rings. The lowest BCUT2D eigenvalue weighted by molar-refractivity contribution is -0.130. The van der Waals surface area contributed by atoms with E-state index < -0.39 is 12.1 Å². The lowest BCUT2D eigenvalue weighted by Crippen LogP contribution is -2.33. The van der Waals surface area contributed by atoms with Crippen LogP contribution >= 0.6 is 0 Å². The Bertz CT molecular complexity index is 952. The van der Waals surface area contributed by atoms with Gasteiger partial charge in [-0.05, 0) is 25.0 Å². The third kappa shape index (κ3) is 3.57. The summed E-state index contributed by atoms with van der Waals surface area (Å²) in [5, 5.41) is 3.84. The molecule has 0 aliphatic heterocycles. The number of pyridine rings is 1. The molecule has 5 heteroatoms. The minimum absolute atomic E-state index is 0.184. The van der Waals surface area contributed by atoms with Crippen LogP contribution in [0.5, 0.6) is 0 Å². The quantitative estimate of drug-likeness (QED) is 0.719. The Labute approximate surface area is 151 Å². The molecule has 4 rings (SSSR count). The Kier molecular flexibility index (Phi) is 4.35. The van der Waals surface area contributed by atoms with Crippen molar-refractivity contribution in [3.05, 3.63) is 78.0 Å². The summed E-state index contributed by atoms with van der Waals surface area (Å²) in [5.41, 5.74) is 1.53. The van der Waals surface area contributed by atoms with Crippen molar-refractivity contribution >= 4 is 22.8 Å². The van der Waals surface area contributed by atoms with Crippen molar-refractivity contribution in [1.29, 1.82) is 0 Å². The van der Waals surface area contributed by atoms with E-state index in [0.717, 1.165) is 18.2 Å². The van der Waals surface area contributed by atoms with Gasteiger partial charge in [-0.2, -0.15) is 0 Å². The molecule has 26 heavy (non-hydrogen) atoms. The molecule has 5 nitrogen and oxygen atoms in total. The summed E-state index contributed by atoms with van der Waals surface area (Å²) in [6, 6.07) is 20.2. The summed E-state index contributed by atoms with van der Waals surface area (Å²) in [7, 11) is 0. The zero-order chi connectivity index (χ0) is 17.9. The van der Waals surface area contributed by atoms with Crippen LogP contribution in [0.15, 0.2) is 66.7 Å². The van der Waals surface area contributed by atoms with Gasteiger partial charge in [0, 0.05) is 17.0 Å². The average Bonchev–Trinajstić information content (AvgIpc) is 3.50. The van der Waals surface area contributed by atoms with Crippen LogP contribution in [-0.4, -0.2) is 22.9 Å². The van der Waals surface area contributed by atoms with E-state index in [1.807, 2.05) is 48.5 Å². The molecule has 0 saturated heterocycles. The highest BCUT2D eigenvalue weighted by atomic mass is 16.5. The first kappa shape index (κ1) is 16.3. The predicted molar refractivity (Wildman–Crippen MR) is 97.5 cm³/mol. The number of rotatable bonds is 5. The number of amides is 1. The summed E-state index contributed by atoms with van der Waals surface area (Å²) in [6.45, 7) is 0. The summed E-state index contributed by atoms with van der Waals surface area (Å²) < 4.78 is 5.55. The van der Waals surface area contributed by atoms with Crippen molar-refractivity contribution in [2.24, 2.45) is 0 Å². The molecule has 1 aromatic heterocycles. The van der Waals surface area contributed by atoms with Gasteiger partial charge < -0.3 is 10.1 Å².